The van der Waals surface area contributed by atoms with Crippen LogP contribution >= 0.6 is 0 Å². The largest absolute Gasteiger partial charge is 0.462 e. The number of fused-ring (bicyclic) bond motifs is 3. The number of aliphatic hydroxyl groups is 1. The molecule has 0 amide bonds. The van der Waals surface area contributed by atoms with E-state index in [0.29, 0.717) is 23.3 Å². The van der Waals surface area contributed by atoms with E-state index in [4.69, 9.17) is 9.15 Å². The summed E-state index contributed by atoms with van der Waals surface area (Å²) in [6.45, 7) is 3.50. The Bertz CT molecular complexity index is 669. The zero-order valence-corrected chi connectivity index (χ0v) is 10.3. The van der Waals surface area contributed by atoms with Crippen LogP contribution in [-0.2, 0) is 0 Å². The van der Waals surface area contributed by atoms with Crippen molar-refractivity contribution in [2.75, 3.05) is 0 Å². The van der Waals surface area contributed by atoms with Gasteiger partial charge in [-0.25, -0.2) is 4.79 Å². The van der Waals surface area contributed by atoms with E-state index in [1.807, 2.05) is 19.1 Å². The molecule has 1 aliphatic heterocycles. The number of para-hydroxylation sites is 1. The molecule has 1 aromatic heterocycles. The summed E-state index contributed by atoms with van der Waals surface area (Å²) in [6, 6.07) is 7.18. The van der Waals surface area contributed by atoms with E-state index in [9.17, 15) is 9.90 Å². The molecule has 0 unspecified atom stereocenters. The molecule has 1 N–H and O–H groups in total. The van der Waals surface area contributed by atoms with Crippen molar-refractivity contribution in [2.45, 2.75) is 32.0 Å². The van der Waals surface area contributed by atoms with Crippen LogP contribution in [0.15, 0.2) is 33.5 Å². The quantitative estimate of drug-likeness (QED) is 0.725. The van der Waals surface area contributed by atoms with E-state index in [2.05, 4.69) is 0 Å². The maximum Gasteiger partial charge on any atom is 0.343 e. The summed E-state index contributed by atoms with van der Waals surface area (Å²) >= 11 is 0. The van der Waals surface area contributed by atoms with Crippen LogP contribution in [0.2, 0.25) is 0 Å². The first kappa shape index (κ1) is 11.3. The first-order valence-corrected chi connectivity index (χ1v) is 5.95. The molecule has 2 atom stereocenters. The molecule has 0 fully saturated rings. The second-order valence-electron chi connectivity index (χ2n) is 5.01. The van der Waals surface area contributed by atoms with Crippen LogP contribution in [-0.4, -0.2) is 10.9 Å². The Balaban J connectivity index is 2.38. The SMILES string of the molecule is C[C@@H]1C[C@](C)(O)Oc2c1c(=O)oc1ccccc21. The Morgan fingerprint density at radius 2 is 2.11 bits per heavy atom. The first-order chi connectivity index (χ1) is 8.48. The Labute approximate surface area is 104 Å². The van der Waals surface area contributed by atoms with Crippen LogP contribution in [0, 0.1) is 0 Å². The summed E-state index contributed by atoms with van der Waals surface area (Å²) in [7, 11) is 0. The summed E-state index contributed by atoms with van der Waals surface area (Å²) in [5, 5.41) is 10.8. The molecule has 0 saturated heterocycles. The molecule has 0 spiro atoms. The van der Waals surface area contributed by atoms with Crippen molar-refractivity contribution < 1.29 is 14.3 Å². The van der Waals surface area contributed by atoms with Crippen LogP contribution in [0.5, 0.6) is 5.75 Å². The van der Waals surface area contributed by atoms with Crippen molar-refractivity contribution in [3.8, 4) is 5.75 Å². The van der Waals surface area contributed by atoms with E-state index in [1.54, 1.807) is 19.1 Å². The molecule has 18 heavy (non-hydrogen) atoms. The molecular formula is C14H14O4. The topological polar surface area (TPSA) is 59.7 Å². The maximum absolute atomic E-state index is 12.0. The van der Waals surface area contributed by atoms with Crippen molar-refractivity contribution in [1.29, 1.82) is 0 Å². The fourth-order valence-electron chi connectivity index (χ4n) is 2.60. The minimum absolute atomic E-state index is 0.0930. The maximum atomic E-state index is 12.0. The Kier molecular flexibility index (Phi) is 2.25. The van der Waals surface area contributed by atoms with Crippen molar-refractivity contribution in [1.82, 2.24) is 0 Å². The van der Waals surface area contributed by atoms with Crippen LogP contribution in [0.1, 0.15) is 31.7 Å². The summed E-state index contributed by atoms with van der Waals surface area (Å²) in [5.41, 5.74) is 0.609. The summed E-state index contributed by atoms with van der Waals surface area (Å²) in [4.78, 5) is 12.0. The third kappa shape index (κ3) is 1.61. The molecule has 0 aliphatic carbocycles. The van der Waals surface area contributed by atoms with Crippen molar-refractivity contribution in [3.05, 3.63) is 40.2 Å². The number of rotatable bonds is 0. The average Bonchev–Trinajstić information content (AvgIpc) is 2.26. The fourth-order valence-corrected chi connectivity index (χ4v) is 2.60. The third-order valence-electron chi connectivity index (χ3n) is 3.30. The molecule has 1 aliphatic rings. The van der Waals surface area contributed by atoms with Gasteiger partial charge in [0, 0.05) is 13.3 Å². The van der Waals surface area contributed by atoms with E-state index in [-0.39, 0.29) is 11.5 Å². The van der Waals surface area contributed by atoms with Crippen molar-refractivity contribution in [2.24, 2.45) is 0 Å². The number of ether oxygens (including phenoxy) is 1. The van der Waals surface area contributed by atoms with E-state index < -0.39 is 5.79 Å². The molecule has 94 valence electrons. The van der Waals surface area contributed by atoms with Gasteiger partial charge in [-0.2, -0.15) is 0 Å². The number of benzene rings is 1. The fraction of sp³-hybridized carbons (Fsp3) is 0.357. The highest BCUT2D eigenvalue weighted by atomic mass is 16.6. The van der Waals surface area contributed by atoms with E-state index in [1.165, 1.54) is 0 Å². The molecule has 4 nitrogen and oxygen atoms in total. The Hall–Kier alpha value is -1.81. The van der Waals surface area contributed by atoms with Crippen molar-refractivity contribution in [3.63, 3.8) is 0 Å². The highest BCUT2D eigenvalue weighted by Crippen LogP contribution is 2.41. The van der Waals surface area contributed by atoms with Crippen LogP contribution in [0.3, 0.4) is 0 Å². The monoisotopic (exact) mass is 246 g/mol. The number of hydrogen-bond donors (Lipinski definition) is 1. The molecule has 1 aromatic carbocycles. The highest BCUT2D eigenvalue weighted by molar-refractivity contribution is 5.84. The predicted molar refractivity (Wildman–Crippen MR) is 66.8 cm³/mol. The summed E-state index contributed by atoms with van der Waals surface area (Å²) < 4.78 is 10.9. The minimum Gasteiger partial charge on any atom is -0.462 e. The molecule has 0 radical (unpaired) electrons. The van der Waals surface area contributed by atoms with E-state index >= 15 is 0 Å². The molecule has 0 bridgehead atoms. The lowest BCUT2D eigenvalue weighted by atomic mass is 9.90. The predicted octanol–water partition coefficient (Wildman–Crippen LogP) is 2.39. The summed E-state index contributed by atoms with van der Waals surface area (Å²) in [5.74, 6) is -0.890. The Morgan fingerprint density at radius 3 is 2.89 bits per heavy atom. The van der Waals surface area contributed by atoms with Gasteiger partial charge in [-0.05, 0) is 18.1 Å². The van der Waals surface area contributed by atoms with Gasteiger partial charge in [0.1, 0.15) is 11.3 Å². The zero-order chi connectivity index (χ0) is 12.9. The van der Waals surface area contributed by atoms with Gasteiger partial charge in [-0.3, -0.25) is 0 Å². The molecular weight excluding hydrogens is 232 g/mol. The minimum atomic E-state index is -1.25. The van der Waals surface area contributed by atoms with Gasteiger partial charge in [0.25, 0.3) is 0 Å². The highest BCUT2D eigenvalue weighted by Gasteiger charge is 2.36. The second-order valence-corrected chi connectivity index (χ2v) is 5.01. The lowest BCUT2D eigenvalue weighted by molar-refractivity contribution is -0.138. The van der Waals surface area contributed by atoms with Gasteiger partial charge >= 0.3 is 5.63 Å². The van der Waals surface area contributed by atoms with Gasteiger partial charge in [0.05, 0.1) is 10.9 Å². The van der Waals surface area contributed by atoms with Gasteiger partial charge < -0.3 is 14.3 Å². The molecule has 2 heterocycles. The molecule has 0 saturated carbocycles. The van der Waals surface area contributed by atoms with Gasteiger partial charge in [0.15, 0.2) is 0 Å². The van der Waals surface area contributed by atoms with Crippen molar-refractivity contribution >= 4 is 11.0 Å². The van der Waals surface area contributed by atoms with Crippen LogP contribution in [0.4, 0.5) is 0 Å². The average molecular weight is 246 g/mol. The first-order valence-electron chi connectivity index (χ1n) is 5.95. The van der Waals surface area contributed by atoms with Gasteiger partial charge in [0.2, 0.25) is 5.79 Å². The lowest BCUT2D eigenvalue weighted by Gasteiger charge is -2.34. The molecule has 2 aromatic rings. The van der Waals surface area contributed by atoms with E-state index in [0.717, 1.165) is 5.39 Å². The zero-order valence-electron chi connectivity index (χ0n) is 10.3. The molecule has 3 rings (SSSR count). The normalized spacial score (nSPS) is 26.7. The van der Waals surface area contributed by atoms with Crippen LogP contribution in [0.25, 0.3) is 11.0 Å². The second kappa shape index (κ2) is 3.59. The lowest BCUT2D eigenvalue weighted by Crippen LogP contribution is -2.39. The van der Waals surface area contributed by atoms with Crippen LogP contribution < -0.4 is 10.4 Å². The van der Waals surface area contributed by atoms with Gasteiger partial charge in [-0.1, -0.05) is 19.1 Å². The Morgan fingerprint density at radius 1 is 1.39 bits per heavy atom. The number of hydrogen-bond acceptors (Lipinski definition) is 4. The molecule has 4 heteroatoms. The van der Waals surface area contributed by atoms with Gasteiger partial charge in [-0.15, -0.1) is 0 Å². The third-order valence-corrected chi connectivity index (χ3v) is 3.30. The standard InChI is InChI=1S/C14H14O4/c1-8-7-14(2,16)18-12-9-5-3-4-6-10(9)17-13(15)11(8)12/h3-6,8,16H,7H2,1-2H3/t8-,14-/m1/s1. The smallest absolute Gasteiger partial charge is 0.343 e. The summed E-state index contributed by atoms with van der Waals surface area (Å²) in [6.07, 6.45) is 0.378.